The molecule has 2 aromatic rings. The molecule has 1 N–H and O–H groups in total. The van der Waals surface area contributed by atoms with Crippen molar-refractivity contribution in [1.29, 1.82) is 0 Å². The summed E-state index contributed by atoms with van der Waals surface area (Å²) in [5.74, 6) is 0.190. The molecule has 2 aromatic carbocycles. The van der Waals surface area contributed by atoms with Gasteiger partial charge >= 0.3 is 0 Å². The molecular weight excluding hydrogens is 422 g/mol. The van der Waals surface area contributed by atoms with Crippen LogP contribution in [-0.4, -0.2) is 62.3 Å². The standard InChI is InChI=1S/C22H28ClN3O3S/c1-17(19-6-4-3-5-7-19)16-24-22(27)18(2)25-12-14-26(15-13-25)30(28,29)21-10-8-20(23)9-11-21/h3-11,17-18H,12-16H2,1-2H3,(H,24,27)/t17-,18-/m0/s1. The second-order valence-corrected chi connectivity index (χ2v) is 10.0. The summed E-state index contributed by atoms with van der Waals surface area (Å²) in [6.07, 6.45) is 0. The monoisotopic (exact) mass is 449 g/mol. The summed E-state index contributed by atoms with van der Waals surface area (Å²) in [5, 5.41) is 3.53. The van der Waals surface area contributed by atoms with Crippen molar-refractivity contribution in [3.05, 3.63) is 65.2 Å². The maximum Gasteiger partial charge on any atom is 0.243 e. The largest absolute Gasteiger partial charge is 0.354 e. The Kier molecular flexibility index (Phi) is 7.52. The number of rotatable bonds is 7. The van der Waals surface area contributed by atoms with Gasteiger partial charge in [0.1, 0.15) is 0 Å². The van der Waals surface area contributed by atoms with Gasteiger partial charge in [0.2, 0.25) is 15.9 Å². The molecule has 2 atom stereocenters. The normalized spacial score (nSPS) is 18.0. The summed E-state index contributed by atoms with van der Waals surface area (Å²) < 4.78 is 27.1. The average molecular weight is 450 g/mol. The molecule has 1 heterocycles. The Labute approximate surface area is 183 Å². The molecule has 1 aliphatic heterocycles. The van der Waals surface area contributed by atoms with Crippen molar-refractivity contribution in [3.63, 3.8) is 0 Å². The van der Waals surface area contributed by atoms with E-state index in [1.165, 1.54) is 22.0 Å². The molecule has 0 aliphatic carbocycles. The van der Waals surface area contributed by atoms with E-state index in [9.17, 15) is 13.2 Å². The number of nitrogens with one attached hydrogen (secondary N) is 1. The molecule has 8 heteroatoms. The van der Waals surface area contributed by atoms with Gasteiger partial charge in [0, 0.05) is 37.7 Å². The smallest absolute Gasteiger partial charge is 0.243 e. The molecule has 0 unspecified atom stereocenters. The van der Waals surface area contributed by atoms with E-state index in [2.05, 4.69) is 24.4 Å². The lowest BCUT2D eigenvalue weighted by atomic mass is 10.0. The average Bonchev–Trinajstić information content (AvgIpc) is 2.77. The number of sulfonamides is 1. The summed E-state index contributed by atoms with van der Waals surface area (Å²) in [6, 6.07) is 16.0. The van der Waals surface area contributed by atoms with E-state index >= 15 is 0 Å². The van der Waals surface area contributed by atoms with Gasteiger partial charge in [-0.1, -0.05) is 48.9 Å². The summed E-state index contributed by atoms with van der Waals surface area (Å²) in [5.41, 5.74) is 1.19. The molecule has 1 aliphatic rings. The van der Waals surface area contributed by atoms with Crippen molar-refractivity contribution in [2.45, 2.75) is 30.7 Å². The third-order valence-corrected chi connectivity index (χ3v) is 7.77. The Morgan fingerprint density at radius 3 is 2.20 bits per heavy atom. The number of carbonyl (C=O) groups excluding carboxylic acids is 1. The van der Waals surface area contributed by atoms with E-state index < -0.39 is 10.0 Å². The van der Waals surface area contributed by atoms with E-state index in [0.29, 0.717) is 37.7 Å². The maximum absolute atomic E-state index is 12.8. The van der Waals surface area contributed by atoms with Gasteiger partial charge in [0.15, 0.2) is 0 Å². The van der Waals surface area contributed by atoms with Crippen LogP contribution in [-0.2, 0) is 14.8 Å². The molecule has 6 nitrogen and oxygen atoms in total. The number of hydrogen-bond acceptors (Lipinski definition) is 4. The molecule has 162 valence electrons. The lowest BCUT2D eigenvalue weighted by Gasteiger charge is -2.36. The van der Waals surface area contributed by atoms with Crippen molar-refractivity contribution < 1.29 is 13.2 Å². The van der Waals surface area contributed by atoms with Gasteiger partial charge in [-0.2, -0.15) is 4.31 Å². The Morgan fingerprint density at radius 1 is 1.00 bits per heavy atom. The van der Waals surface area contributed by atoms with E-state index in [-0.39, 0.29) is 22.8 Å². The van der Waals surface area contributed by atoms with Gasteiger partial charge in [-0.3, -0.25) is 9.69 Å². The quantitative estimate of drug-likeness (QED) is 0.705. The summed E-state index contributed by atoms with van der Waals surface area (Å²) >= 11 is 5.86. The topological polar surface area (TPSA) is 69.7 Å². The number of carbonyl (C=O) groups is 1. The third kappa shape index (κ3) is 5.40. The van der Waals surface area contributed by atoms with Crippen LogP contribution in [0.2, 0.25) is 5.02 Å². The van der Waals surface area contributed by atoms with Gasteiger partial charge in [0.05, 0.1) is 10.9 Å². The zero-order valence-corrected chi connectivity index (χ0v) is 18.9. The predicted octanol–water partition coefficient (Wildman–Crippen LogP) is 2.95. The van der Waals surface area contributed by atoms with Crippen molar-refractivity contribution in [2.24, 2.45) is 0 Å². The Hall–Kier alpha value is -1.93. The zero-order valence-electron chi connectivity index (χ0n) is 17.3. The molecule has 1 fully saturated rings. The van der Waals surface area contributed by atoms with E-state index in [4.69, 9.17) is 11.6 Å². The second kappa shape index (κ2) is 9.92. The van der Waals surface area contributed by atoms with Crippen LogP contribution in [0, 0.1) is 0 Å². The highest BCUT2D eigenvalue weighted by Gasteiger charge is 2.31. The molecule has 0 spiro atoms. The molecule has 1 amide bonds. The molecule has 30 heavy (non-hydrogen) atoms. The lowest BCUT2D eigenvalue weighted by molar-refractivity contribution is -0.126. The number of piperazine rings is 1. The molecule has 1 saturated heterocycles. The van der Waals surface area contributed by atoms with Crippen LogP contribution in [0.15, 0.2) is 59.5 Å². The van der Waals surface area contributed by atoms with E-state index in [1.807, 2.05) is 30.0 Å². The first-order chi connectivity index (χ1) is 14.3. The van der Waals surface area contributed by atoms with Crippen LogP contribution in [0.1, 0.15) is 25.3 Å². The maximum atomic E-state index is 12.8. The molecule has 3 rings (SSSR count). The van der Waals surface area contributed by atoms with Gasteiger partial charge in [-0.25, -0.2) is 8.42 Å². The molecule has 0 radical (unpaired) electrons. The minimum absolute atomic E-state index is 0.0354. The van der Waals surface area contributed by atoms with Crippen LogP contribution in [0.4, 0.5) is 0 Å². The first-order valence-electron chi connectivity index (χ1n) is 10.1. The fourth-order valence-corrected chi connectivity index (χ4v) is 5.10. The molecular formula is C22H28ClN3O3S. The van der Waals surface area contributed by atoms with Gasteiger partial charge < -0.3 is 5.32 Å². The fraction of sp³-hybridized carbons (Fsp3) is 0.409. The number of benzene rings is 2. The first-order valence-corrected chi connectivity index (χ1v) is 11.9. The SMILES string of the molecule is C[C@@H](CNC(=O)[C@H](C)N1CCN(S(=O)(=O)c2ccc(Cl)cc2)CC1)c1ccccc1. The van der Waals surface area contributed by atoms with Crippen molar-refractivity contribution in [3.8, 4) is 0 Å². The fourth-order valence-electron chi connectivity index (χ4n) is 3.55. The molecule has 0 bridgehead atoms. The Balaban J connectivity index is 1.51. The van der Waals surface area contributed by atoms with Crippen molar-refractivity contribution in [2.75, 3.05) is 32.7 Å². The lowest BCUT2D eigenvalue weighted by Crippen LogP contribution is -2.55. The van der Waals surface area contributed by atoms with Crippen molar-refractivity contribution in [1.82, 2.24) is 14.5 Å². The predicted molar refractivity (Wildman–Crippen MR) is 119 cm³/mol. The number of halogens is 1. The number of hydrogen-bond donors (Lipinski definition) is 1. The van der Waals surface area contributed by atoms with Crippen molar-refractivity contribution >= 4 is 27.5 Å². The summed E-state index contributed by atoms with van der Waals surface area (Å²) in [6.45, 7) is 6.24. The highest BCUT2D eigenvalue weighted by atomic mass is 35.5. The second-order valence-electron chi connectivity index (χ2n) is 7.63. The van der Waals surface area contributed by atoms with Gasteiger partial charge in [0.25, 0.3) is 0 Å². The molecule has 0 saturated carbocycles. The minimum Gasteiger partial charge on any atom is -0.354 e. The summed E-state index contributed by atoms with van der Waals surface area (Å²) in [4.78, 5) is 14.9. The number of amides is 1. The van der Waals surface area contributed by atoms with E-state index in [0.717, 1.165) is 0 Å². The Morgan fingerprint density at radius 2 is 1.60 bits per heavy atom. The van der Waals surface area contributed by atoms with Crippen LogP contribution in [0.3, 0.4) is 0 Å². The highest BCUT2D eigenvalue weighted by molar-refractivity contribution is 7.89. The minimum atomic E-state index is -3.55. The molecule has 0 aromatic heterocycles. The van der Waals surface area contributed by atoms with E-state index in [1.54, 1.807) is 12.1 Å². The van der Waals surface area contributed by atoms with Gasteiger partial charge in [-0.15, -0.1) is 0 Å². The zero-order chi connectivity index (χ0) is 21.7. The number of nitrogens with zero attached hydrogens (tertiary/aromatic N) is 2. The first kappa shape index (κ1) is 22.7. The van der Waals surface area contributed by atoms with Crippen LogP contribution < -0.4 is 5.32 Å². The Bertz CT molecular complexity index is 943. The van der Waals surface area contributed by atoms with Crippen LogP contribution in [0.25, 0.3) is 0 Å². The van der Waals surface area contributed by atoms with Gasteiger partial charge in [-0.05, 0) is 42.7 Å². The van der Waals surface area contributed by atoms with Crippen LogP contribution >= 0.6 is 11.6 Å². The summed E-state index contributed by atoms with van der Waals surface area (Å²) in [7, 11) is -3.55. The van der Waals surface area contributed by atoms with Crippen LogP contribution in [0.5, 0.6) is 0 Å². The third-order valence-electron chi connectivity index (χ3n) is 5.60. The highest BCUT2D eigenvalue weighted by Crippen LogP contribution is 2.20.